The molecular formula is C12H14BrNO2. The van der Waals surface area contributed by atoms with Crippen LogP contribution in [0.5, 0.6) is 11.5 Å². The molecule has 1 aromatic carbocycles. The summed E-state index contributed by atoms with van der Waals surface area (Å²) in [5.74, 6) is 1.30. The summed E-state index contributed by atoms with van der Waals surface area (Å²) in [4.78, 5) is 0. The van der Waals surface area contributed by atoms with Crippen LogP contribution in [-0.2, 0) is 0 Å². The van der Waals surface area contributed by atoms with Crippen molar-refractivity contribution in [2.24, 2.45) is 0 Å². The minimum Gasteiger partial charge on any atom is -0.493 e. The van der Waals surface area contributed by atoms with Crippen molar-refractivity contribution < 1.29 is 9.47 Å². The fourth-order valence-electron chi connectivity index (χ4n) is 1.24. The lowest BCUT2D eigenvalue weighted by Crippen LogP contribution is -1.99. The van der Waals surface area contributed by atoms with E-state index in [0.29, 0.717) is 23.7 Å². The molecule has 0 spiro atoms. The highest BCUT2D eigenvalue weighted by molar-refractivity contribution is 9.09. The van der Waals surface area contributed by atoms with Gasteiger partial charge < -0.3 is 9.47 Å². The number of nitrogens with zero attached hydrogens (tertiary/aromatic N) is 1. The number of benzene rings is 1. The number of halogens is 1. The van der Waals surface area contributed by atoms with Crippen LogP contribution in [0.3, 0.4) is 0 Å². The Morgan fingerprint density at radius 3 is 2.75 bits per heavy atom. The van der Waals surface area contributed by atoms with Crippen LogP contribution < -0.4 is 9.47 Å². The second-order valence-corrected chi connectivity index (χ2v) is 4.01. The Labute approximate surface area is 104 Å². The Hall–Kier alpha value is -1.21. The first-order chi connectivity index (χ1) is 7.81. The van der Waals surface area contributed by atoms with E-state index in [-0.39, 0.29) is 0 Å². The van der Waals surface area contributed by atoms with E-state index in [9.17, 15) is 0 Å². The summed E-state index contributed by atoms with van der Waals surface area (Å²) in [5.41, 5.74) is 0.574. The van der Waals surface area contributed by atoms with Crippen LogP contribution in [-0.4, -0.2) is 19.0 Å². The normalized spacial score (nSPS) is 9.56. The highest BCUT2D eigenvalue weighted by Gasteiger charge is 2.05. The molecule has 1 aromatic rings. The smallest absolute Gasteiger partial charge is 0.162 e. The molecule has 0 saturated carbocycles. The van der Waals surface area contributed by atoms with Gasteiger partial charge in [0.1, 0.15) is 0 Å². The Morgan fingerprint density at radius 2 is 2.12 bits per heavy atom. The molecule has 1 rings (SSSR count). The van der Waals surface area contributed by atoms with Crippen molar-refractivity contribution in [3.63, 3.8) is 0 Å². The topological polar surface area (TPSA) is 42.2 Å². The van der Waals surface area contributed by atoms with E-state index >= 15 is 0 Å². The minimum atomic E-state index is 0.574. The fraction of sp³-hybridized carbons (Fsp3) is 0.417. The lowest BCUT2D eigenvalue weighted by Gasteiger charge is -2.10. The first kappa shape index (κ1) is 12.9. The zero-order valence-corrected chi connectivity index (χ0v) is 10.8. The number of rotatable bonds is 6. The van der Waals surface area contributed by atoms with Gasteiger partial charge in [0.05, 0.1) is 25.3 Å². The standard InChI is InChI=1S/C12H14BrNO2/c1-15-12-8-10(9-14)4-5-11(12)16-7-3-2-6-13/h4-5,8H,2-3,6-7H2,1H3. The molecule has 0 aromatic heterocycles. The average molecular weight is 284 g/mol. The van der Waals surface area contributed by atoms with Crippen molar-refractivity contribution in [1.82, 2.24) is 0 Å². The van der Waals surface area contributed by atoms with E-state index in [1.54, 1.807) is 25.3 Å². The maximum absolute atomic E-state index is 8.74. The Kier molecular flexibility index (Phi) is 5.73. The van der Waals surface area contributed by atoms with Crippen LogP contribution in [0.1, 0.15) is 18.4 Å². The largest absolute Gasteiger partial charge is 0.493 e. The Balaban J connectivity index is 2.62. The van der Waals surface area contributed by atoms with Gasteiger partial charge in [0.15, 0.2) is 11.5 Å². The van der Waals surface area contributed by atoms with Crippen LogP contribution in [0, 0.1) is 11.3 Å². The summed E-state index contributed by atoms with van der Waals surface area (Å²) >= 11 is 3.37. The molecule has 0 atom stereocenters. The molecule has 0 heterocycles. The van der Waals surface area contributed by atoms with Gasteiger partial charge in [0.2, 0.25) is 0 Å². The second kappa shape index (κ2) is 7.13. The third-order valence-corrected chi connectivity index (χ3v) is 2.64. The summed E-state index contributed by atoms with van der Waals surface area (Å²) in [6.45, 7) is 0.661. The van der Waals surface area contributed by atoms with E-state index in [2.05, 4.69) is 22.0 Å². The minimum absolute atomic E-state index is 0.574. The van der Waals surface area contributed by atoms with E-state index in [4.69, 9.17) is 14.7 Å². The van der Waals surface area contributed by atoms with Crippen LogP contribution in [0.2, 0.25) is 0 Å². The summed E-state index contributed by atoms with van der Waals surface area (Å²) in [5, 5.41) is 9.73. The lowest BCUT2D eigenvalue weighted by molar-refractivity contribution is 0.288. The first-order valence-corrected chi connectivity index (χ1v) is 6.21. The summed E-state index contributed by atoms with van der Waals surface area (Å²) < 4.78 is 10.7. The molecule has 0 aliphatic carbocycles. The van der Waals surface area contributed by atoms with E-state index < -0.39 is 0 Å². The van der Waals surface area contributed by atoms with E-state index in [1.165, 1.54) is 0 Å². The summed E-state index contributed by atoms with van der Waals surface area (Å²) in [6, 6.07) is 7.24. The number of hydrogen-bond donors (Lipinski definition) is 0. The molecule has 4 heteroatoms. The number of unbranched alkanes of at least 4 members (excludes halogenated alkanes) is 1. The van der Waals surface area contributed by atoms with E-state index in [0.717, 1.165) is 18.2 Å². The van der Waals surface area contributed by atoms with Gasteiger partial charge >= 0.3 is 0 Å². The SMILES string of the molecule is COc1cc(C#N)ccc1OCCCCBr. The molecule has 86 valence electrons. The molecule has 0 aliphatic heterocycles. The van der Waals surface area contributed by atoms with Crippen LogP contribution >= 0.6 is 15.9 Å². The number of nitriles is 1. The molecule has 0 aliphatic rings. The van der Waals surface area contributed by atoms with Gasteiger partial charge in [0, 0.05) is 11.4 Å². The quantitative estimate of drug-likeness (QED) is 0.595. The molecule has 16 heavy (non-hydrogen) atoms. The third kappa shape index (κ3) is 3.74. The number of ether oxygens (including phenoxy) is 2. The van der Waals surface area contributed by atoms with Crippen molar-refractivity contribution >= 4 is 15.9 Å². The molecule has 0 radical (unpaired) electrons. The molecule has 0 saturated heterocycles. The van der Waals surface area contributed by atoms with Crippen LogP contribution in [0.25, 0.3) is 0 Å². The molecule has 0 N–H and O–H groups in total. The van der Waals surface area contributed by atoms with Crippen molar-refractivity contribution in [1.29, 1.82) is 5.26 Å². The van der Waals surface area contributed by atoms with Crippen molar-refractivity contribution in [3.05, 3.63) is 23.8 Å². The zero-order chi connectivity index (χ0) is 11.8. The zero-order valence-electron chi connectivity index (χ0n) is 9.20. The van der Waals surface area contributed by atoms with Crippen molar-refractivity contribution in [2.75, 3.05) is 19.0 Å². The van der Waals surface area contributed by atoms with Crippen LogP contribution in [0.15, 0.2) is 18.2 Å². The van der Waals surface area contributed by atoms with Gasteiger partial charge in [-0.3, -0.25) is 0 Å². The molecule has 0 bridgehead atoms. The van der Waals surface area contributed by atoms with Gasteiger partial charge in [-0.1, -0.05) is 15.9 Å². The Morgan fingerprint density at radius 1 is 1.31 bits per heavy atom. The third-order valence-electron chi connectivity index (χ3n) is 2.08. The summed E-state index contributed by atoms with van der Waals surface area (Å²) in [6.07, 6.45) is 2.08. The fourth-order valence-corrected chi connectivity index (χ4v) is 1.63. The lowest BCUT2D eigenvalue weighted by atomic mass is 10.2. The number of alkyl halides is 1. The molecule has 0 unspecified atom stereocenters. The van der Waals surface area contributed by atoms with Gasteiger partial charge in [0.25, 0.3) is 0 Å². The predicted octanol–water partition coefficient (Wildman–Crippen LogP) is 3.12. The first-order valence-electron chi connectivity index (χ1n) is 5.08. The van der Waals surface area contributed by atoms with Crippen molar-refractivity contribution in [3.8, 4) is 17.6 Å². The number of methoxy groups -OCH3 is 1. The molecule has 0 fully saturated rings. The highest BCUT2D eigenvalue weighted by atomic mass is 79.9. The Bertz CT molecular complexity index is 374. The second-order valence-electron chi connectivity index (χ2n) is 3.22. The molecule has 3 nitrogen and oxygen atoms in total. The predicted molar refractivity (Wildman–Crippen MR) is 66.2 cm³/mol. The maximum atomic E-state index is 8.74. The number of hydrogen-bond acceptors (Lipinski definition) is 3. The van der Waals surface area contributed by atoms with Gasteiger partial charge in [-0.2, -0.15) is 5.26 Å². The molecule has 0 amide bonds. The maximum Gasteiger partial charge on any atom is 0.162 e. The van der Waals surface area contributed by atoms with Gasteiger partial charge in [-0.25, -0.2) is 0 Å². The van der Waals surface area contributed by atoms with E-state index in [1.807, 2.05) is 0 Å². The summed E-state index contributed by atoms with van der Waals surface area (Å²) in [7, 11) is 1.57. The highest BCUT2D eigenvalue weighted by Crippen LogP contribution is 2.27. The van der Waals surface area contributed by atoms with Crippen molar-refractivity contribution in [2.45, 2.75) is 12.8 Å². The van der Waals surface area contributed by atoms with Crippen LogP contribution in [0.4, 0.5) is 0 Å². The monoisotopic (exact) mass is 283 g/mol. The average Bonchev–Trinajstić information content (AvgIpc) is 2.34. The van der Waals surface area contributed by atoms with Gasteiger partial charge in [-0.15, -0.1) is 0 Å². The molecular weight excluding hydrogens is 270 g/mol. The van der Waals surface area contributed by atoms with Gasteiger partial charge in [-0.05, 0) is 25.0 Å².